The Morgan fingerprint density at radius 2 is 2.00 bits per heavy atom. The number of methoxy groups -OCH3 is 1. The van der Waals surface area contributed by atoms with Crippen molar-refractivity contribution in [1.82, 2.24) is 4.72 Å². The summed E-state index contributed by atoms with van der Waals surface area (Å²) in [6, 6.07) is 6.71. The summed E-state index contributed by atoms with van der Waals surface area (Å²) in [5.74, 6) is 0. The van der Waals surface area contributed by atoms with E-state index >= 15 is 0 Å². The van der Waals surface area contributed by atoms with Gasteiger partial charge < -0.3 is 4.74 Å². The molecular formula is C13H18BrNO3S. The van der Waals surface area contributed by atoms with E-state index in [-0.39, 0.29) is 22.5 Å². The number of halogens is 1. The molecule has 0 heterocycles. The lowest BCUT2D eigenvalue weighted by atomic mass is 9.65. The molecule has 4 nitrogen and oxygen atoms in total. The van der Waals surface area contributed by atoms with Gasteiger partial charge in [0.15, 0.2) is 0 Å². The molecule has 106 valence electrons. The first-order valence-electron chi connectivity index (χ1n) is 6.08. The van der Waals surface area contributed by atoms with Gasteiger partial charge in [0.25, 0.3) is 0 Å². The molecule has 0 saturated heterocycles. The van der Waals surface area contributed by atoms with Crippen LogP contribution in [0.4, 0.5) is 0 Å². The van der Waals surface area contributed by atoms with E-state index in [2.05, 4.69) is 20.7 Å². The van der Waals surface area contributed by atoms with E-state index < -0.39 is 10.0 Å². The first kappa shape index (κ1) is 15.0. The summed E-state index contributed by atoms with van der Waals surface area (Å²) >= 11 is 3.27. The summed E-state index contributed by atoms with van der Waals surface area (Å²) in [7, 11) is -1.85. The normalized spacial score (nSPS) is 25.9. The van der Waals surface area contributed by atoms with Crippen molar-refractivity contribution in [3.63, 3.8) is 0 Å². The number of benzene rings is 1. The van der Waals surface area contributed by atoms with Crippen molar-refractivity contribution in [3.05, 3.63) is 28.7 Å². The second-order valence-electron chi connectivity index (χ2n) is 5.39. The first-order chi connectivity index (χ1) is 8.79. The second kappa shape index (κ2) is 5.16. The molecule has 19 heavy (non-hydrogen) atoms. The van der Waals surface area contributed by atoms with Crippen molar-refractivity contribution in [2.75, 3.05) is 7.11 Å². The Bertz CT molecular complexity index is 571. The lowest BCUT2D eigenvalue weighted by Crippen LogP contribution is -2.61. The topological polar surface area (TPSA) is 55.4 Å². The average Bonchev–Trinajstić information content (AvgIpc) is 2.34. The first-order valence-corrected chi connectivity index (χ1v) is 8.36. The average molecular weight is 348 g/mol. The van der Waals surface area contributed by atoms with Crippen molar-refractivity contribution in [2.24, 2.45) is 5.41 Å². The van der Waals surface area contributed by atoms with Crippen molar-refractivity contribution < 1.29 is 13.2 Å². The van der Waals surface area contributed by atoms with Gasteiger partial charge in [0.2, 0.25) is 10.0 Å². The number of ether oxygens (including phenoxy) is 1. The number of sulfonamides is 1. The summed E-state index contributed by atoms with van der Waals surface area (Å²) in [5, 5.41) is 0. The quantitative estimate of drug-likeness (QED) is 0.910. The minimum atomic E-state index is -3.51. The van der Waals surface area contributed by atoms with Crippen LogP contribution in [0.25, 0.3) is 0 Å². The Morgan fingerprint density at radius 1 is 1.37 bits per heavy atom. The molecule has 0 spiro atoms. The van der Waals surface area contributed by atoms with E-state index in [4.69, 9.17) is 4.74 Å². The monoisotopic (exact) mass is 347 g/mol. The molecular weight excluding hydrogens is 330 g/mol. The van der Waals surface area contributed by atoms with Crippen LogP contribution in [0.1, 0.15) is 20.3 Å². The molecule has 1 fully saturated rings. The minimum absolute atomic E-state index is 0.0967. The van der Waals surface area contributed by atoms with E-state index in [1.807, 2.05) is 13.8 Å². The van der Waals surface area contributed by atoms with Crippen LogP contribution in [0, 0.1) is 5.41 Å². The summed E-state index contributed by atoms with van der Waals surface area (Å²) in [5.41, 5.74) is -0.191. The van der Waals surface area contributed by atoms with Crippen LogP contribution in [0.3, 0.4) is 0 Å². The highest BCUT2D eigenvalue weighted by Gasteiger charge is 2.50. The van der Waals surface area contributed by atoms with Crippen molar-refractivity contribution in [3.8, 4) is 0 Å². The zero-order valence-corrected chi connectivity index (χ0v) is 13.6. The minimum Gasteiger partial charge on any atom is -0.381 e. The molecule has 0 bridgehead atoms. The van der Waals surface area contributed by atoms with Gasteiger partial charge in [-0.15, -0.1) is 0 Å². The standard InChI is InChI=1S/C13H18BrNO3S/c1-13(2)11(8-12(13)18-3)15-19(16,17)10-7-5-4-6-9(10)14/h4-7,11-12,15H,8H2,1-3H3. The Labute approximate surface area is 122 Å². The molecule has 1 N–H and O–H groups in total. The van der Waals surface area contributed by atoms with Gasteiger partial charge in [-0.1, -0.05) is 26.0 Å². The largest absolute Gasteiger partial charge is 0.381 e. The zero-order valence-electron chi connectivity index (χ0n) is 11.2. The molecule has 1 aliphatic carbocycles. The maximum absolute atomic E-state index is 12.4. The molecule has 1 aliphatic rings. The fraction of sp³-hybridized carbons (Fsp3) is 0.538. The van der Waals surface area contributed by atoms with Crippen molar-refractivity contribution in [1.29, 1.82) is 0 Å². The molecule has 1 saturated carbocycles. The fourth-order valence-corrected chi connectivity index (χ4v) is 4.81. The zero-order chi connectivity index (χ0) is 14.3. The predicted molar refractivity (Wildman–Crippen MR) is 77.4 cm³/mol. The van der Waals surface area contributed by atoms with Gasteiger partial charge in [-0.3, -0.25) is 0 Å². The Morgan fingerprint density at radius 3 is 2.53 bits per heavy atom. The SMILES string of the molecule is COC1CC(NS(=O)(=O)c2ccccc2Br)C1(C)C. The Kier molecular flexibility index (Phi) is 4.07. The van der Waals surface area contributed by atoms with E-state index in [0.717, 1.165) is 0 Å². The van der Waals surface area contributed by atoms with Gasteiger partial charge in [-0.2, -0.15) is 0 Å². The summed E-state index contributed by atoms with van der Waals surface area (Å²) in [4.78, 5) is 0.270. The number of hydrogen-bond donors (Lipinski definition) is 1. The molecule has 1 aromatic rings. The van der Waals surface area contributed by atoms with E-state index in [1.165, 1.54) is 0 Å². The highest BCUT2D eigenvalue weighted by atomic mass is 79.9. The molecule has 2 rings (SSSR count). The van der Waals surface area contributed by atoms with Gasteiger partial charge >= 0.3 is 0 Å². The van der Waals surface area contributed by atoms with E-state index in [9.17, 15) is 8.42 Å². The summed E-state index contributed by atoms with van der Waals surface area (Å²) in [6.07, 6.45) is 0.798. The predicted octanol–water partition coefficient (Wildman–Crippen LogP) is 2.54. The van der Waals surface area contributed by atoms with Gasteiger partial charge in [-0.05, 0) is 34.5 Å². The molecule has 6 heteroatoms. The summed E-state index contributed by atoms with van der Waals surface area (Å²) in [6.45, 7) is 4.02. The molecule has 0 radical (unpaired) electrons. The van der Waals surface area contributed by atoms with Crippen LogP contribution in [0.5, 0.6) is 0 Å². The highest BCUT2D eigenvalue weighted by Crippen LogP contribution is 2.43. The lowest BCUT2D eigenvalue weighted by Gasteiger charge is -2.50. The van der Waals surface area contributed by atoms with Crippen LogP contribution in [0.2, 0.25) is 0 Å². The van der Waals surface area contributed by atoms with Gasteiger partial charge in [0.05, 0.1) is 11.0 Å². The smallest absolute Gasteiger partial charge is 0.241 e. The lowest BCUT2D eigenvalue weighted by molar-refractivity contribution is -0.0908. The molecule has 0 amide bonds. The van der Waals surface area contributed by atoms with Crippen LogP contribution in [-0.4, -0.2) is 27.7 Å². The fourth-order valence-electron chi connectivity index (χ4n) is 2.40. The molecule has 2 atom stereocenters. The third-order valence-corrected chi connectivity index (χ3v) is 6.37. The summed E-state index contributed by atoms with van der Waals surface area (Å²) < 4.78 is 33.4. The number of nitrogens with one attached hydrogen (secondary N) is 1. The maximum atomic E-state index is 12.4. The van der Waals surface area contributed by atoms with Gasteiger partial charge in [0, 0.05) is 23.0 Å². The number of hydrogen-bond acceptors (Lipinski definition) is 3. The Balaban J connectivity index is 2.19. The number of rotatable bonds is 4. The third-order valence-electron chi connectivity index (χ3n) is 3.89. The molecule has 2 unspecified atom stereocenters. The van der Waals surface area contributed by atoms with Crippen LogP contribution >= 0.6 is 15.9 Å². The molecule has 1 aromatic carbocycles. The third kappa shape index (κ3) is 2.72. The molecule has 0 aromatic heterocycles. The second-order valence-corrected chi connectivity index (χ2v) is 7.92. The van der Waals surface area contributed by atoms with Crippen LogP contribution < -0.4 is 4.72 Å². The van der Waals surface area contributed by atoms with E-state index in [0.29, 0.717) is 10.9 Å². The van der Waals surface area contributed by atoms with Crippen molar-refractivity contribution >= 4 is 26.0 Å². The maximum Gasteiger partial charge on any atom is 0.241 e. The Hall–Kier alpha value is -0.430. The highest BCUT2D eigenvalue weighted by molar-refractivity contribution is 9.10. The van der Waals surface area contributed by atoms with E-state index in [1.54, 1.807) is 31.4 Å². The van der Waals surface area contributed by atoms with Gasteiger partial charge in [-0.25, -0.2) is 13.1 Å². The van der Waals surface area contributed by atoms with Crippen molar-refractivity contribution in [2.45, 2.75) is 37.3 Å². The van der Waals surface area contributed by atoms with Gasteiger partial charge in [0.1, 0.15) is 0 Å². The van der Waals surface area contributed by atoms with Crippen LogP contribution in [-0.2, 0) is 14.8 Å². The van der Waals surface area contributed by atoms with Crippen LogP contribution in [0.15, 0.2) is 33.6 Å². The molecule has 0 aliphatic heterocycles.